The van der Waals surface area contributed by atoms with E-state index in [0.29, 0.717) is 44.2 Å². The van der Waals surface area contributed by atoms with E-state index in [4.69, 9.17) is 23.6 Å². The summed E-state index contributed by atoms with van der Waals surface area (Å²) in [7, 11) is 2.49. The van der Waals surface area contributed by atoms with Gasteiger partial charge in [0.05, 0.1) is 33.4 Å². The lowest BCUT2D eigenvalue weighted by atomic mass is 9.85. The fourth-order valence-electron chi connectivity index (χ4n) is 4.17. The first-order valence-corrected chi connectivity index (χ1v) is 11.2. The van der Waals surface area contributed by atoms with Gasteiger partial charge in [-0.1, -0.05) is 60.7 Å². The molecule has 2 aromatic carbocycles. The molecule has 178 valence electrons. The molecule has 1 aliphatic rings. The molecule has 0 aliphatic carbocycles. The van der Waals surface area contributed by atoms with E-state index < -0.39 is 23.8 Å². The van der Waals surface area contributed by atoms with Gasteiger partial charge < -0.3 is 23.5 Å². The van der Waals surface area contributed by atoms with Crippen LogP contribution >= 0.6 is 0 Å². The van der Waals surface area contributed by atoms with Gasteiger partial charge in [0, 0.05) is 19.5 Å². The molecule has 1 saturated heterocycles. The standard InChI is InChI=1S/C26H28N2O6/c1-31-25(29)22(26(30)32-2)21(19-11-7-4-8-12-19)23-27-20(17-18-9-5-3-6-10-18)24(34-23)28-13-15-33-16-14-28/h3-12,21-22H,13-17H2,1-2H3. The summed E-state index contributed by atoms with van der Waals surface area (Å²) in [4.78, 5) is 32.5. The van der Waals surface area contributed by atoms with Crippen molar-refractivity contribution in [3.63, 3.8) is 0 Å². The molecule has 0 amide bonds. The number of aromatic nitrogens is 1. The summed E-state index contributed by atoms with van der Waals surface area (Å²) in [5, 5.41) is 0. The number of oxazole rings is 1. The lowest BCUT2D eigenvalue weighted by Crippen LogP contribution is -2.36. The molecule has 1 aromatic heterocycles. The Balaban J connectivity index is 1.83. The third kappa shape index (κ3) is 5.12. The van der Waals surface area contributed by atoms with E-state index in [2.05, 4.69) is 4.90 Å². The number of rotatable bonds is 8. The molecular formula is C26H28N2O6. The molecular weight excluding hydrogens is 436 g/mol. The van der Waals surface area contributed by atoms with E-state index in [0.717, 1.165) is 11.3 Å². The van der Waals surface area contributed by atoms with Gasteiger partial charge in [-0.2, -0.15) is 0 Å². The van der Waals surface area contributed by atoms with Gasteiger partial charge in [0.2, 0.25) is 11.8 Å². The molecule has 1 aliphatic heterocycles. The van der Waals surface area contributed by atoms with Crippen LogP contribution < -0.4 is 4.90 Å². The number of esters is 2. The molecule has 8 nitrogen and oxygen atoms in total. The highest BCUT2D eigenvalue weighted by atomic mass is 16.5. The van der Waals surface area contributed by atoms with Gasteiger partial charge >= 0.3 is 11.9 Å². The zero-order valence-electron chi connectivity index (χ0n) is 19.3. The predicted octanol–water partition coefficient (Wildman–Crippen LogP) is 3.20. The average Bonchev–Trinajstić information content (AvgIpc) is 3.31. The minimum atomic E-state index is -1.27. The van der Waals surface area contributed by atoms with Crippen LogP contribution in [-0.4, -0.2) is 57.4 Å². The molecule has 0 saturated carbocycles. The van der Waals surface area contributed by atoms with Gasteiger partial charge in [0.25, 0.3) is 0 Å². The Morgan fingerprint density at radius 3 is 2.12 bits per heavy atom. The lowest BCUT2D eigenvalue weighted by molar-refractivity contribution is -0.159. The third-order valence-electron chi connectivity index (χ3n) is 5.87. The maximum Gasteiger partial charge on any atom is 0.321 e. The van der Waals surface area contributed by atoms with Crippen LogP contribution in [0.3, 0.4) is 0 Å². The summed E-state index contributed by atoms with van der Waals surface area (Å²) in [6.07, 6.45) is 0.541. The van der Waals surface area contributed by atoms with Crippen molar-refractivity contribution in [1.29, 1.82) is 0 Å². The lowest BCUT2D eigenvalue weighted by Gasteiger charge is -2.27. The van der Waals surface area contributed by atoms with Gasteiger partial charge in [-0.3, -0.25) is 9.59 Å². The van der Waals surface area contributed by atoms with E-state index >= 15 is 0 Å². The minimum Gasteiger partial charge on any atom is -0.468 e. The van der Waals surface area contributed by atoms with E-state index in [9.17, 15) is 9.59 Å². The summed E-state index contributed by atoms with van der Waals surface area (Å²) in [6, 6.07) is 19.2. The summed E-state index contributed by atoms with van der Waals surface area (Å²) in [6.45, 7) is 2.47. The van der Waals surface area contributed by atoms with Gasteiger partial charge in [0.15, 0.2) is 5.92 Å². The zero-order chi connectivity index (χ0) is 23.9. The van der Waals surface area contributed by atoms with Crippen molar-refractivity contribution >= 4 is 17.8 Å². The third-order valence-corrected chi connectivity index (χ3v) is 5.87. The minimum absolute atomic E-state index is 0.263. The monoisotopic (exact) mass is 464 g/mol. The van der Waals surface area contributed by atoms with Crippen LogP contribution in [-0.2, 0) is 30.2 Å². The van der Waals surface area contributed by atoms with Crippen molar-refractivity contribution in [1.82, 2.24) is 4.98 Å². The Hall–Kier alpha value is -3.65. The first-order valence-electron chi connectivity index (χ1n) is 11.2. The molecule has 3 aromatic rings. The van der Waals surface area contributed by atoms with E-state index in [1.165, 1.54) is 14.2 Å². The second-order valence-corrected chi connectivity index (χ2v) is 7.98. The second-order valence-electron chi connectivity index (χ2n) is 7.98. The zero-order valence-corrected chi connectivity index (χ0v) is 19.3. The SMILES string of the molecule is COC(=O)C(C(=O)OC)C(c1ccccc1)c1nc(Cc2ccccc2)c(N2CCOCC2)o1. The van der Waals surface area contributed by atoms with Crippen LogP contribution in [0, 0.1) is 5.92 Å². The predicted molar refractivity (Wildman–Crippen MR) is 125 cm³/mol. The molecule has 34 heavy (non-hydrogen) atoms. The molecule has 0 bridgehead atoms. The Bertz CT molecular complexity index is 1080. The number of anilines is 1. The molecule has 1 atom stereocenters. The quantitative estimate of drug-likeness (QED) is 0.371. The van der Waals surface area contributed by atoms with Gasteiger partial charge in [-0.25, -0.2) is 4.98 Å². The highest BCUT2D eigenvalue weighted by Crippen LogP contribution is 2.37. The molecule has 0 N–H and O–H groups in total. The van der Waals surface area contributed by atoms with Gasteiger partial charge in [-0.05, 0) is 11.1 Å². The Morgan fingerprint density at radius 1 is 0.941 bits per heavy atom. The molecule has 0 radical (unpaired) electrons. The van der Waals surface area contributed by atoms with Crippen LogP contribution in [0.2, 0.25) is 0 Å². The number of hydrogen-bond donors (Lipinski definition) is 0. The van der Waals surface area contributed by atoms with Crippen LogP contribution in [0.15, 0.2) is 65.1 Å². The molecule has 2 heterocycles. The molecule has 1 fully saturated rings. The number of nitrogens with zero attached hydrogens (tertiary/aromatic N) is 2. The summed E-state index contributed by atoms with van der Waals surface area (Å²) >= 11 is 0. The highest BCUT2D eigenvalue weighted by molar-refractivity contribution is 5.96. The van der Waals surface area contributed by atoms with Crippen molar-refractivity contribution in [2.24, 2.45) is 5.92 Å². The van der Waals surface area contributed by atoms with Crippen LogP contribution in [0.25, 0.3) is 0 Å². The number of ether oxygens (including phenoxy) is 3. The number of methoxy groups -OCH3 is 2. The summed E-state index contributed by atoms with van der Waals surface area (Å²) in [5.41, 5.74) is 2.51. The maximum absolute atomic E-state index is 12.8. The topological polar surface area (TPSA) is 91.1 Å². The van der Waals surface area contributed by atoms with Crippen LogP contribution in [0.1, 0.15) is 28.6 Å². The first-order chi connectivity index (χ1) is 16.6. The Morgan fingerprint density at radius 2 is 1.53 bits per heavy atom. The van der Waals surface area contributed by atoms with Crippen molar-refractivity contribution in [3.05, 3.63) is 83.4 Å². The number of morpholine rings is 1. The largest absolute Gasteiger partial charge is 0.468 e. The normalized spacial score (nSPS) is 14.6. The number of carbonyl (C=O) groups is 2. The summed E-state index contributed by atoms with van der Waals surface area (Å²) in [5.74, 6) is -2.62. The second kappa shape index (κ2) is 11.0. The number of benzene rings is 2. The van der Waals surface area contributed by atoms with E-state index in [1.54, 1.807) is 0 Å². The number of hydrogen-bond acceptors (Lipinski definition) is 8. The molecule has 8 heteroatoms. The fourth-order valence-corrected chi connectivity index (χ4v) is 4.17. The van der Waals surface area contributed by atoms with Crippen molar-refractivity contribution in [2.45, 2.75) is 12.3 Å². The van der Waals surface area contributed by atoms with Crippen molar-refractivity contribution in [2.75, 3.05) is 45.4 Å². The van der Waals surface area contributed by atoms with Gasteiger partial charge in [0.1, 0.15) is 5.69 Å². The van der Waals surface area contributed by atoms with E-state index in [-0.39, 0.29) is 5.89 Å². The average molecular weight is 465 g/mol. The Kier molecular flexibility index (Phi) is 7.59. The summed E-state index contributed by atoms with van der Waals surface area (Å²) < 4.78 is 21.8. The smallest absolute Gasteiger partial charge is 0.321 e. The van der Waals surface area contributed by atoms with Crippen molar-refractivity contribution < 1.29 is 28.2 Å². The Labute approximate surface area is 198 Å². The maximum atomic E-state index is 12.8. The van der Waals surface area contributed by atoms with Crippen LogP contribution in [0.4, 0.5) is 5.88 Å². The first kappa shape index (κ1) is 23.5. The van der Waals surface area contributed by atoms with Crippen molar-refractivity contribution in [3.8, 4) is 0 Å². The van der Waals surface area contributed by atoms with E-state index in [1.807, 2.05) is 60.7 Å². The molecule has 1 unspecified atom stereocenters. The van der Waals surface area contributed by atoms with Gasteiger partial charge in [-0.15, -0.1) is 0 Å². The van der Waals surface area contributed by atoms with Crippen LogP contribution in [0.5, 0.6) is 0 Å². The molecule has 4 rings (SSSR count). The number of carbonyl (C=O) groups excluding carboxylic acids is 2. The molecule has 0 spiro atoms. The fraction of sp³-hybridized carbons (Fsp3) is 0.346. The highest BCUT2D eigenvalue weighted by Gasteiger charge is 2.42.